The number of hydrogen-bond donors (Lipinski definition) is 2. The Kier molecular flexibility index (Phi) is 19.1. The molecule has 0 fully saturated rings. The summed E-state index contributed by atoms with van der Waals surface area (Å²) < 4.78 is 48.2. The van der Waals surface area contributed by atoms with E-state index in [4.69, 9.17) is 14.6 Å². The maximum Gasteiger partial charge on any atom is 1.00 e. The molecule has 238 valence electrons. The van der Waals surface area contributed by atoms with Crippen molar-refractivity contribution in [3.05, 3.63) is 72.3 Å². The molecule has 0 aromatic heterocycles. The van der Waals surface area contributed by atoms with Gasteiger partial charge in [0.1, 0.15) is 28.6 Å². The van der Waals surface area contributed by atoms with E-state index in [1.807, 2.05) is 24.3 Å². The average molecular weight is 663 g/mol. The van der Waals surface area contributed by atoms with E-state index in [0.717, 1.165) is 68.4 Å². The Bertz CT molecular complexity index is 1450. The second-order valence-electron chi connectivity index (χ2n) is 10.5. The second kappa shape index (κ2) is 21.9. The summed E-state index contributed by atoms with van der Waals surface area (Å²) in [6.07, 6.45) is 8.32. The van der Waals surface area contributed by atoms with Gasteiger partial charge in [-0.15, -0.1) is 0 Å². The molecule has 3 aromatic carbocycles. The molecule has 0 heterocycles. The summed E-state index contributed by atoms with van der Waals surface area (Å²) in [6, 6.07) is 19.1. The van der Waals surface area contributed by atoms with Gasteiger partial charge in [-0.2, -0.15) is 0 Å². The van der Waals surface area contributed by atoms with Crippen molar-refractivity contribution in [1.82, 2.24) is 0 Å². The number of hydrogen-bond acceptors (Lipinski definition) is 8. The summed E-state index contributed by atoms with van der Waals surface area (Å²) in [5.41, 5.74) is 1.59. The van der Waals surface area contributed by atoms with Crippen LogP contribution in [0, 0.1) is 11.8 Å². The molecule has 0 amide bonds. The van der Waals surface area contributed by atoms with Crippen molar-refractivity contribution in [2.24, 2.45) is 0 Å². The molecule has 3 rings (SSSR count). The number of rotatable bonds is 19. The summed E-state index contributed by atoms with van der Waals surface area (Å²) in [5, 5.41) is 19.7. The first kappa shape index (κ1) is 39.3. The van der Waals surface area contributed by atoms with E-state index in [-0.39, 0.29) is 47.7 Å². The van der Waals surface area contributed by atoms with Crippen molar-refractivity contribution < 1.29 is 62.2 Å². The van der Waals surface area contributed by atoms with Crippen molar-refractivity contribution in [3.8, 4) is 28.7 Å². The number of benzene rings is 3. The van der Waals surface area contributed by atoms with Crippen LogP contribution in [0.3, 0.4) is 0 Å². The van der Waals surface area contributed by atoms with Crippen LogP contribution >= 0.6 is 11.8 Å². The molecule has 0 aliphatic heterocycles. The van der Waals surface area contributed by atoms with Gasteiger partial charge in [-0.05, 0) is 66.8 Å². The van der Waals surface area contributed by atoms with Crippen molar-refractivity contribution in [2.75, 3.05) is 26.4 Å². The maximum absolute atomic E-state index is 12.3. The van der Waals surface area contributed by atoms with Gasteiger partial charge >= 0.3 is 29.6 Å². The molecular weight excluding hydrogens is 620 g/mol. The zero-order valence-corrected chi connectivity index (χ0v) is 30.0. The molecule has 0 aliphatic carbocycles. The molecule has 45 heavy (non-hydrogen) atoms. The van der Waals surface area contributed by atoms with Gasteiger partial charge in [0, 0.05) is 28.6 Å². The minimum Gasteiger partial charge on any atom is -0.744 e. The zero-order valence-electron chi connectivity index (χ0n) is 26.4. The second-order valence-corrected chi connectivity index (χ2v) is 12.9. The van der Waals surface area contributed by atoms with Gasteiger partial charge in [0.2, 0.25) is 0 Å². The largest absolute Gasteiger partial charge is 1.00 e. The first-order valence-corrected chi connectivity index (χ1v) is 17.5. The SMILES string of the molecule is CCCCOc1ccc(Sc2ccc(-c3ccccc3C(O)C#CCOCCCCCCCCCO)cc2S(=O)(=O)[O-])cc1.[Na+]. The molecule has 1 atom stereocenters. The summed E-state index contributed by atoms with van der Waals surface area (Å²) in [6.45, 7) is 3.79. The molecule has 0 saturated carbocycles. The third kappa shape index (κ3) is 14.2. The van der Waals surface area contributed by atoms with Crippen LogP contribution in [0.1, 0.15) is 76.4 Å². The molecule has 0 saturated heterocycles. The molecule has 0 aliphatic rings. The van der Waals surface area contributed by atoms with E-state index in [2.05, 4.69) is 18.8 Å². The fourth-order valence-electron chi connectivity index (χ4n) is 4.56. The first-order valence-electron chi connectivity index (χ1n) is 15.3. The van der Waals surface area contributed by atoms with Crippen LogP contribution in [0.25, 0.3) is 11.1 Å². The van der Waals surface area contributed by atoms with E-state index >= 15 is 0 Å². The van der Waals surface area contributed by atoms with Crippen molar-refractivity contribution in [3.63, 3.8) is 0 Å². The van der Waals surface area contributed by atoms with Crippen LogP contribution in [-0.4, -0.2) is 49.6 Å². The summed E-state index contributed by atoms with van der Waals surface area (Å²) in [5.74, 6) is 6.42. The fraction of sp³-hybridized carbons (Fsp3) is 0.429. The topological polar surface area (TPSA) is 116 Å². The predicted molar refractivity (Wildman–Crippen MR) is 174 cm³/mol. The summed E-state index contributed by atoms with van der Waals surface area (Å²) >= 11 is 1.19. The maximum atomic E-state index is 12.3. The number of ether oxygens (including phenoxy) is 2. The Balaban J connectivity index is 0.00000705. The number of aliphatic hydroxyl groups excluding tert-OH is 2. The quantitative estimate of drug-likeness (QED) is 0.0842. The van der Waals surface area contributed by atoms with Crippen LogP contribution in [0.15, 0.2) is 81.4 Å². The molecule has 7 nitrogen and oxygen atoms in total. The smallest absolute Gasteiger partial charge is 0.744 e. The van der Waals surface area contributed by atoms with Crippen molar-refractivity contribution in [2.45, 2.75) is 85.5 Å². The van der Waals surface area contributed by atoms with Crippen molar-refractivity contribution >= 4 is 21.9 Å². The van der Waals surface area contributed by atoms with Crippen LogP contribution < -0.4 is 34.3 Å². The molecule has 1 unspecified atom stereocenters. The van der Waals surface area contributed by atoms with E-state index in [1.165, 1.54) is 17.8 Å². The predicted octanol–water partition coefficient (Wildman–Crippen LogP) is 4.37. The van der Waals surface area contributed by atoms with Gasteiger partial charge in [-0.25, -0.2) is 8.42 Å². The molecule has 10 heteroatoms. The van der Waals surface area contributed by atoms with E-state index in [9.17, 15) is 18.1 Å². The zero-order chi connectivity index (χ0) is 31.6. The Hall–Kier alpha value is -1.84. The van der Waals surface area contributed by atoms with Crippen LogP contribution in [-0.2, 0) is 14.9 Å². The van der Waals surface area contributed by atoms with Crippen LogP contribution in [0.2, 0.25) is 0 Å². The fourth-order valence-corrected chi connectivity index (χ4v) is 6.40. The molecule has 0 spiro atoms. The Morgan fingerprint density at radius 2 is 1.58 bits per heavy atom. The molecular formula is C35H43NaO7S2. The monoisotopic (exact) mass is 662 g/mol. The van der Waals surface area contributed by atoms with Gasteiger partial charge in [0.05, 0.1) is 11.5 Å². The van der Waals surface area contributed by atoms with E-state index < -0.39 is 16.2 Å². The average Bonchev–Trinajstić information content (AvgIpc) is 3.02. The Morgan fingerprint density at radius 3 is 2.27 bits per heavy atom. The third-order valence-electron chi connectivity index (χ3n) is 6.96. The minimum atomic E-state index is -4.79. The molecule has 0 radical (unpaired) electrons. The third-order valence-corrected chi connectivity index (χ3v) is 9.05. The summed E-state index contributed by atoms with van der Waals surface area (Å²) in [7, 11) is -4.79. The van der Waals surface area contributed by atoms with Crippen LogP contribution in [0.4, 0.5) is 0 Å². The Labute approximate surface area is 295 Å². The standard InChI is InChI=1S/C35H44O7S2.Na/c1-2-3-26-42-29-18-20-30(21-19-29)43-34-22-17-28(27-35(34)44(38,39)40)31-14-9-10-15-32(31)33(37)16-13-25-41-24-12-8-6-4-5-7-11-23-36;/h9-10,14-15,17-22,27,33,36-37H,2-8,11-12,23-26H2,1H3,(H,38,39,40);/q;+1/p-1. The summed E-state index contributed by atoms with van der Waals surface area (Å²) in [4.78, 5) is 0.769. The van der Waals surface area contributed by atoms with Crippen LogP contribution in [0.5, 0.6) is 5.75 Å². The molecule has 3 aromatic rings. The first-order chi connectivity index (χ1) is 21.3. The van der Waals surface area contributed by atoms with Crippen molar-refractivity contribution in [1.29, 1.82) is 0 Å². The molecule has 0 bridgehead atoms. The van der Waals surface area contributed by atoms with Gasteiger partial charge in [0.25, 0.3) is 0 Å². The number of unbranched alkanes of at least 4 members (excludes halogenated alkanes) is 7. The van der Waals surface area contributed by atoms with Gasteiger partial charge in [0.15, 0.2) is 0 Å². The minimum absolute atomic E-state index is 0. The van der Waals surface area contributed by atoms with Gasteiger partial charge in [-0.1, -0.05) is 99.4 Å². The van der Waals surface area contributed by atoms with Gasteiger partial charge in [-0.3, -0.25) is 0 Å². The van der Waals surface area contributed by atoms with E-state index in [1.54, 1.807) is 36.4 Å². The van der Waals surface area contributed by atoms with E-state index in [0.29, 0.717) is 34.8 Å². The number of aliphatic hydroxyl groups is 2. The molecule has 2 N–H and O–H groups in total. The normalized spacial score (nSPS) is 11.7. The Morgan fingerprint density at radius 1 is 0.889 bits per heavy atom. The van der Waals surface area contributed by atoms with Gasteiger partial charge < -0.3 is 24.2 Å².